The molecule has 74 valence electrons. The van der Waals surface area contributed by atoms with Gasteiger partial charge in [-0.15, -0.1) is 0 Å². The van der Waals surface area contributed by atoms with Crippen molar-refractivity contribution < 1.29 is 9.59 Å². The van der Waals surface area contributed by atoms with Crippen molar-refractivity contribution in [1.82, 2.24) is 16.0 Å². The number of amides is 2. The number of carbonyl (C=O) groups excluding carboxylic acids is 2. The summed E-state index contributed by atoms with van der Waals surface area (Å²) in [5.74, 6) is 0.0442. The van der Waals surface area contributed by atoms with Gasteiger partial charge in [0.05, 0.1) is 6.54 Å². The molecule has 1 saturated heterocycles. The molecule has 1 atom stereocenters. The molecule has 0 spiro atoms. The molecule has 1 aliphatic rings. The van der Waals surface area contributed by atoms with Crippen LogP contribution in [0.3, 0.4) is 0 Å². The van der Waals surface area contributed by atoms with E-state index in [9.17, 15) is 9.59 Å². The quantitative estimate of drug-likeness (QED) is 0.506. The molecule has 5 nitrogen and oxygen atoms in total. The fourth-order valence-electron chi connectivity index (χ4n) is 1.30. The SMILES string of the molecule is CNCC(=O)NC1CCC(=O)NC1. The van der Waals surface area contributed by atoms with Gasteiger partial charge in [-0.25, -0.2) is 0 Å². The van der Waals surface area contributed by atoms with Crippen molar-refractivity contribution in [2.75, 3.05) is 20.1 Å². The minimum atomic E-state index is -0.0244. The van der Waals surface area contributed by atoms with Crippen LogP contribution < -0.4 is 16.0 Å². The van der Waals surface area contributed by atoms with E-state index < -0.39 is 0 Å². The summed E-state index contributed by atoms with van der Waals surface area (Å²) in [5, 5.41) is 8.30. The van der Waals surface area contributed by atoms with Gasteiger partial charge < -0.3 is 16.0 Å². The standard InChI is InChI=1S/C8H15N3O2/c1-9-5-8(13)11-6-2-3-7(12)10-4-6/h6,9H,2-5H2,1H3,(H,10,12)(H,11,13). The van der Waals surface area contributed by atoms with Crippen LogP contribution >= 0.6 is 0 Å². The minimum absolute atomic E-state index is 0.0244. The first kappa shape index (κ1) is 9.98. The normalized spacial score (nSPS) is 22.2. The Morgan fingerprint density at radius 1 is 1.69 bits per heavy atom. The van der Waals surface area contributed by atoms with E-state index in [1.165, 1.54) is 0 Å². The first-order chi connectivity index (χ1) is 6.22. The molecular formula is C8H15N3O2. The lowest BCUT2D eigenvalue weighted by atomic mass is 10.1. The summed E-state index contributed by atoms with van der Waals surface area (Å²) in [6.45, 7) is 0.874. The van der Waals surface area contributed by atoms with Crippen LogP contribution in [0.5, 0.6) is 0 Å². The van der Waals surface area contributed by atoms with Crippen LogP contribution in [0, 0.1) is 0 Å². The molecule has 2 amide bonds. The van der Waals surface area contributed by atoms with Gasteiger partial charge >= 0.3 is 0 Å². The van der Waals surface area contributed by atoms with Gasteiger partial charge in [0, 0.05) is 19.0 Å². The third-order valence-electron chi connectivity index (χ3n) is 1.97. The summed E-state index contributed by atoms with van der Waals surface area (Å²) in [5.41, 5.74) is 0. The molecule has 1 rings (SSSR count). The predicted molar refractivity (Wildman–Crippen MR) is 48.1 cm³/mol. The Labute approximate surface area is 77.3 Å². The number of nitrogens with one attached hydrogen (secondary N) is 3. The Morgan fingerprint density at radius 3 is 3.00 bits per heavy atom. The maximum absolute atomic E-state index is 11.1. The largest absolute Gasteiger partial charge is 0.354 e. The van der Waals surface area contributed by atoms with Gasteiger partial charge in [0.25, 0.3) is 0 Å². The zero-order valence-corrected chi connectivity index (χ0v) is 7.72. The van der Waals surface area contributed by atoms with Crippen molar-refractivity contribution in [2.24, 2.45) is 0 Å². The number of hydrogen-bond donors (Lipinski definition) is 3. The Bertz CT molecular complexity index is 196. The zero-order valence-electron chi connectivity index (χ0n) is 7.72. The van der Waals surface area contributed by atoms with Crippen molar-refractivity contribution in [3.05, 3.63) is 0 Å². The van der Waals surface area contributed by atoms with Gasteiger partial charge in [-0.3, -0.25) is 9.59 Å². The Kier molecular flexibility index (Phi) is 3.70. The van der Waals surface area contributed by atoms with Crippen LogP contribution in [0.2, 0.25) is 0 Å². The molecule has 0 aromatic rings. The summed E-state index contributed by atoms with van der Waals surface area (Å²) in [6, 6.07) is 0.0959. The van der Waals surface area contributed by atoms with E-state index in [1.54, 1.807) is 7.05 Å². The molecule has 0 radical (unpaired) electrons. The van der Waals surface area contributed by atoms with Crippen LogP contribution in [0.15, 0.2) is 0 Å². The molecule has 0 aromatic heterocycles. The number of rotatable bonds is 3. The van der Waals surface area contributed by atoms with Gasteiger partial charge in [0.15, 0.2) is 0 Å². The van der Waals surface area contributed by atoms with E-state index in [0.29, 0.717) is 19.5 Å². The molecule has 0 aliphatic carbocycles. The average molecular weight is 185 g/mol. The summed E-state index contributed by atoms with van der Waals surface area (Å²) in [4.78, 5) is 21.9. The van der Waals surface area contributed by atoms with E-state index in [1.807, 2.05) is 0 Å². The fourth-order valence-corrected chi connectivity index (χ4v) is 1.30. The minimum Gasteiger partial charge on any atom is -0.354 e. The molecular weight excluding hydrogens is 170 g/mol. The van der Waals surface area contributed by atoms with E-state index in [2.05, 4.69) is 16.0 Å². The Morgan fingerprint density at radius 2 is 2.46 bits per heavy atom. The van der Waals surface area contributed by atoms with Crippen molar-refractivity contribution >= 4 is 11.8 Å². The highest BCUT2D eigenvalue weighted by atomic mass is 16.2. The Balaban J connectivity index is 2.22. The highest BCUT2D eigenvalue weighted by Crippen LogP contribution is 2.01. The molecule has 1 aliphatic heterocycles. The molecule has 1 fully saturated rings. The molecule has 1 unspecified atom stereocenters. The van der Waals surface area contributed by atoms with E-state index >= 15 is 0 Å². The molecule has 3 N–H and O–H groups in total. The zero-order chi connectivity index (χ0) is 9.68. The third-order valence-corrected chi connectivity index (χ3v) is 1.97. The number of likely N-dealkylation sites (N-methyl/N-ethyl adjacent to an activating group) is 1. The van der Waals surface area contributed by atoms with Crippen molar-refractivity contribution in [1.29, 1.82) is 0 Å². The number of hydrogen-bond acceptors (Lipinski definition) is 3. The monoisotopic (exact) mass is 185 g/mol. The first-order valence-corrected chi connectivity index (χ1v) is 4.43. The van der Waals surface area contributed by atoms with Crippen LogP contribution in [0.25, 0.3) is 0 Å². The summed E-state index contributed by atoms with van der Waals surface area (Å²) in [7, 11) is 1.72. The van der Waals surface area contributed by atoms with Crippen molar-refractivity contribution in [3.63, 3.8) is 0 Å². The molecule has 0 bridgehead atoms. The summed E-state index contributed by atoms with van der Waals surface area (Å²) >= 11 is 0. The number of carbonyl (C=O) groups is 2. The van der Waals surface area contributed by atoms with Gasteiger partial charge in [0.1, 0.15) is 0 Å². The lowest BCUT2D eigenvalue weighted by Crippen LogP contribution is -2.49. The maximum atomic E-state index is 11.1. The van der Waals surface area contributed by atoms with Gasteiger partial charge in [0.2, 0.25) is 11.8 Å². The summed E-state index contributed by atoms with van der Waals surface area (Å²) in [6.07, 6.45) is 1.24. The smallest absolute Gasteiger partial charge is 0.234 e. The highest BCUT2D eigenvalue weighted by molar-refractivity contribution is 5.80. The van der Waals surface area contributed by atoms with Crippen LogP contribution in [0.1, 0.15) is 12.8 Å². The maximum Gasteiger partial charge on any atom is 0.234 e. The lowest BCUT2D eigenvalue weighted by molar-refractivity contribution is -0.125. The van der Waals surface area contributed by atoms with E-state index in [0.717, 1.165) is 6.42 Å². The molecule has 5 heteroatoms. The summed E-state index contributed by atoms with van der Waals surface area (Å²) < 4.78 is 0. The predicted octanol–water partition coefficient (Wildman–Crippen LogP) is -1.40. The van der Waals surface area contributed by atoms with Gasteiger partial charge in [-0.1, -0.05) is 0 Å². The first-order valence-electron chi connectivity index (χ1n) is 4.43. The highest BCUT2D eigenvalue weighted by Gasteiger charge is 2.18. The third kappa shape index (κ3) is 3.42. The topological polar surface area (TPSA) is 70.2 Å². The molecule has 0 saturated carbocycles. The second-order valence-corrected chi connectivity index (χ2v) is 3.14. The molecule has 0 aromatic carbocycles. The van der Waals surface area contributed by atoms with Crippen LogP contribution in [-0.2, 0) is 9.59 Å². The second-order valence-electron chi connectivity index (χ2n) is 3.14. The van der Waals surface area contributed by atoms with Crippen LogP contribution in [-0.4, -0.2) is 38.0 Å². The Hall–Kier alpha value is -1.10. The van der Waals surface area contributed by atoms with Crippen LogP contribution in [0.4, 0.5) is 0 Å². The van der Waals surface area contributed by atoms with Gasteiger partial charge in [-0.05, 0) is 13.5 Å². The molecule has 1 heterocycles. The molecule has 13 heavy (non-hydrogen) atoms. The van der Waals surface area contributed by atoms with Gasteiger partial charge in [-0.2, -0.15) is 0 Å². The van der Waals surface area contributed by atoms with E-state index in [4.69, 9.17) is 0 Å². The average Bonchev–Trinajstić information content (AvgIpc) is 2.09. The van der Waals surface area contributed by atoms with E-state index in [-0.39, 0.29) is 17.9 Å². The number of piperidine rings is 1. The lowest BCUT2D eigenvalue weighted by Gasteiger charge is -2.23. The van der Waals surface area contributed by atoms with Crippen molar-refractivity contribution in [3.8, 4) is 0 Å². The second kappa shape index (κ2) is 4.81. The fraction of sp³-hybridized carbons (Fsp3) is 0.750. The van der Waals surface area contributed by atoms with Crippen molar-refractivity contribution in [2.45, 2.75) is 18.9 Å².